The zero-order valence-corrected chi connectivity index (χ0v) is 18.7. The molecule has 0 spiro atoms. The number of amides is 2. The number of aromatic nitrogens is 2. The number of nitrogens with zero attached hydrogens (tertiary/aromatic N) is 3. The van der Waals surface area contributed by atoms with Gasteiger partial charge in [-0.3, -0.25) is 19.6 Å². The van der Waals surface area contributed by atoms with Crippen LogP contribution in [0.3, 0.4) is 0 Å². The van der Waals surface area contributed by atoms with Gasteiger partial charge < -0.3 is 10.2 Å². The summed E-state index contributed by atoms with van der Waals surface area (Å²) in [4.78, 5) is 26.2. The maximum atomic E-state index is 15.1. The number of nitrogens with one attached hydrogen (secondary N) is 2. The number of carbonyl (C=O) groups excluding carboxylic acids is 2. The van der Waals surface area contributed by atoms with Crippen molar-refractivity contribution in [1.82, 2.24) is 25.3 Å². The van der Waals surface area contributed by atoms with Crippen molar-refractivity contribution in [2.75, 3.05) is 32.7 Å². The van der Waals surface area contributed by atoms with E-state index in [-0.39, 0.29) is 17.7 Å². The second kappa shape index (κ2) is 8.56. The zero-order valence-electron chi connectivity index (χ0n) is 18.7. The molecule has 2 N–H and O–H groups in total. The number of fused-ring (bicyclic) bond motifs is 1. The van der Waals surface area contributed by atoms with Gasteiger partial charge in [-0.05, 0) is 75.8 Å². The fourth-order valence-corrected chi connectivity index (χ4v) is 5.63. The third-order valence-electron chi connectivity index (χ3n) is 7.54. The maximum Gasteiger partial charge on any atom is 0.235 e. The van der Waals surface area contributed by atoms with Crippen molar-refractivity contribution >= 4 is 22.7 Å². The summed E-state index contributed by atoms with van der Waals surface area (Å²) in [7, 11) is 1.91. The third kappa shape index (κ3) is 4.18. The van der Waals surface area contributed by atoms with Crippen LogP contribution < -0.4 is 10.6 Å². The van der Waals surface area contributed by atoms with E-state index in [0.717, 1.165) is 55.6 Å². The molecule has 1 unspecified atom stereocenters. The van der Waals surface area contributed by atoms with Crippen molar-refractivity contribution in [3.8, 4) is 0 Å². The first-order valence-electron chi connectivity index (χ1n) is 11.8. The molecule has 0 radical (unpaired) electrons. The van der Waals surface area contributed by atoms with Crippen LogP contribution in [0.2, 0.25) is 0 Å². The first-order valence-corrected chi connectivity index (χ1v) is 11.8. The van der Waals surface area contributed by atoms with Gasteiger partial charge in [0.25, 0.3) is 0 Å². The lowest BCUT2D eigenvalue weighted by Crippen LogP contribution is -2.48. The Labute approximate surface area is 187 Å². The molecule has 8 heteroatoms. The van der Waals surface area contributed by atoms with Crippen molar-refractivity contribution in [2.24, 2.45) is 7.05 Å². The number of rotatable bonds is 4. The van der Waals surface area contributed by atoms with E-state index in [1.807, 2.05) is 11.7 Å². The van der Waals surface area contributed by atoms with Gasteiger partial charge in [0.05, 0.1) is 17.1 Å². The minimum atomic E-state index is -1.04. The lowest BCUT2D eigenvalue weighted by atomic mass is 9.86. The van der Waals surface area contributed by atoms with E-state index in [4.69, 9.17) is 0 Å². The molecule has 0 saturated carbocycles. The fourth-order valence-electron chi connectivity index (χ4n) is 5.63. The molecular formula is C24H32FN5O2. The van der Waals surface area contributed by atoms with Crippen molar-refractivity contribution in [2.45, 2.75) is 56.0 Å². The standard InChI is InChI=1S/C24H32FN5O2/c1-29-20-14-17(2-3-18(20)22(28-29)19-4-5-21(31)27-23(19)32)16-6-12-30(13-7-16)15-24(25)8-10-26-11-9-24/h2-3,14,16,19,26H,4-13,15H2,1H3,(H,27,31,32). The lowest BCUT2D eigenvalue weighted by molar-refractivity contribution is -0.134. The fraction of sp³-hybridized carbons (Fsp3) is 0.625. The Morgan fingerprint density at radius 3 is 2.62 bits per heavy atom. The summed E-state index contributed by atoms with van der Waals surface area (Å²) in [6, 6.07) is 6.43. The van der Waals surface area contributed by atoms with Crippen molar-refractivity contribution < 1.29 is 14.0 Å². The lowest BCUT2D eigenvalue weighted by Gasteiger charge is -2.38. The van der Waals surface area contributed by atoms with Crippen molar-refractivity contribution in [3.05, 3.63) is 29.5 Å². The summed E-state index contributed by atoms with van der Waals surface area (Å²) in [5, 5.41) is 11.3. The highest BCUT2D eigenvalue weighted by Gasteiger charge is 2.35. The number of hydrogen-bond donors (Lipinski definition) is 2. The van der Waals surface area contributed by atoms with Crippen LogP contribution in [0.5, 0.6) is 0 Å². The Balaban J connectivity index is 1.28. The Morgan fingerprint density at radius 2 is 1.91 bits per heavy atom. The normalized spacial score (nSPS) is 25.2. The number of aryl methyl sites for hydroxylation is 1. The number of hydrogen-bond acceptors (Lipinski definition) is 5. The molecule has 3 fully saturated rings. The number of piperidine rings is 3. The summed E-state index contributed by atoms with van der Waals surface area (Å²) in [6.07, 6.45) is 4.12. The molecule has 3 aliphatic rings. The van der Waals surface area contributed by atoms with Gasteiger partial charge in [-0.15, -0.1) is 0 Å². The number of benzene rings is 1. The molecule has 32 heavy (non-hydrogen) atoms. The SMILES string of the molecule is Cn1nc(C2CCC(=O)NC2=O)c2ccc(C3CCN(CC4(F)CCNCC4)CC3)cc21. The van der Waals surface area contributed by atoms with Crippen LogP contribution in [-0.4, -0.2) is 64.9 Å². The molecule has 2 aromatic rings. The van der Waals surface area contributed by atoms with Gasteiger partial charge in [0.1, 0.15) is 5.67 Å². The predicted octanol–water partition coefficient (Wildman–Crippen LogP) is 2.36. The molecular weight excluding hydrogens is 409 g/mol. The van der Waals surface area contributed by atoms with E-state index in [0.29, 0.717) is 38.1 Å². The highest BCUT2D eigenvalue weighted by atomic mass is 19.1. The molecule has 3 aliphatic heterocycles. The minimum Gasteiger partial charge on any atom is -0.316 e. The van der Waals surface area contributed by atoms with Gasteiger partial charge in [0.15, 0.2) is 0 Å². The van der Waals surface area contributed by atoms with Gasteiger partial charge in [-0.2, -0.15) is 5.10 Å². The predicted molar refractivity (Wildman–Crippen MR) is 120 cm³/mol. The van der Waals surface area contributed by atoms with Crippen LogP contribution in [0, 0.1) is 0 Å². The molecule has 172 valence electrons. The first-order chi connectivity index (χ1) is 15.4. The second-order valence-electron chi connectivity index (χ2n) is 9.74. The van der Waals surface area contributed by atoms with Gasteiger partial charge >= 0.3 is 0 Å². The number of likely N-dealkylation sites (tertiary alicyclic amines) is 1. The first kappa shape index (κ1) is 21.5. The van der Waals surface area contributed by atoms with Gasteiger partial charge in [0, 0.05) is 25.4 Å². The summed E-state index contributed by atoms with van der Waals surface area (Å²) in [5.41, 5.74) is 2.01. The van der Waals surface area contributed by atoms with Crippen LogP contribution in [0.25, 0.3) is 10.9 Å². The van der Waals surface area contributed by atoms with Crippen LogP contribution >= 0.6 is 0 Å². The molecule has 0 bridgehead atoms. The third-order valence-corrected chi connectivity index (χ3v) is 7.54. The molecule has 1 atom stereocenters. The number of imide groups is 1. The van der Waals surface area contributed by atoms with E-state index in [1.165, 1.54) is 5.56 Å². The minimum absolute atomic E-state index is 0.209. The van der Waals surface area contributed by atoms with Crippen LogP contribution in [0.15, 0.2) is 18.2 Å². The monoisotopic (exact) mass is 441 g/mol. The Hall–Kier alpha value is -2.32. The van der Waals surface area contributed by atoms with E-state index in [2.05, 4.69) is 38.8 Å². The highest BCUT2D eigenvalue weighted by molar-refractivity contribution is 6.02. The molecule has 2 amide bonds. The van der Waals surface area contributed by atoms with Crippen LogP contribution in [-0.2, 0) is 16.6 Å². The smallest absolute Gasteiger partial charge is 0.235 e. The van der Waals surface area contributed by atoms with Crippen LogP contribution in [0.1, 0.15) is 61.6 Å². The van der Waals surface area contributed by atoms with Crippen molar-refractivity contribution in [3.63, 3.8) is 0 Å². The van der Waals surface area contributed by atoms with Gasteiger partial charge in [-0.1, -0.05) is 12.1 Å². The topological polar surface area (TPSA) is 79.3 Å². The molecule has 7 nitrogen and oxygen atoms in total. The summed E-state index contributed by atoms with van der Waals surface area (Å²) in [6.45, 7) is 3.96. The highest BCUT2D eigenvalue weighted by Crippen LogP contribution is 2.35. The van der Waals surface area contributed by atoms with Gasteiger partial charge in [0.2, 0.25) is 11.8 Å². The average Bonchev–Trinajstić information content (AvgIpc) is 3.10. The number of halogens is 1. The quantitative estimate of drug-likeness (QED) is 0.713. The average molecular weight is 442 g/mol. The molecule has 3 saturated heterocycles. The van der Waals surface area contributed by atoms with Crippen molar-refractivity contribution in [1.29, 1.82) is 0 Å². The number of carbonyl (C=O) groups is 2. The Kier molecular flexibility index (Phi) is 5.75. The molecule has 4 heterocycles. The van der Waals surface area contributed by atoms with E-state index >= 15 is 4.39 Å². The largest absolute Gasteiger partial charge is 0.316 e. The van der Waals surface area contributed by atoms with E-state index < -0.39 is 5.67 Å². The molecule has 0 aliphatic carbocycles. The maximum absolute atomic E-state index is 15.1. The Morgan fingerprint density at radius 1 is 1.16 bits per heavy atom. The van der Waals surface area contributed by atoms with Crippen LogP contribution in [0.4, 0.5) is 4.39 Å². The second-order valence-corrected chi connectivity index (χ2v) is 9.74. The molecule has 1 aromatic heterocycles. The summed E-state index contributed by atoms with van der Waals surface area (Å²) >= 11 is 0. The molecule has 5 rings (SSSR count). The van der Waals surface area contributed by atoms with E-state index in [1.54, 1.807) is 0 Å². The molecule has 1 aromatic carbocycles. The number of alkyl halides is 1. The Bertz CT molecular complexity index is 1020. The summed E-state index contributed by atoms with van der Waals surface area (Å²) < 4.78 is 16.9. The summed E-state index contributed by atoms with van der Waals surface area (Å²) in [5.74, 6) is -0.391. The van der Waals surface area contributed by atoms with Gasteiger partial charge in [-0.25, -0.2) is 4.39 Å². The zero-order chi connectivity index (χ0) is 22.3. The van der Waals surface area contributed by atoms with E-state index in [9.17, 15) is 9.59 Å².